The van der Waals surface area contributed by atoms with Gasteiger partial charge in [-0.3, -0.25) is 0 Å². The summed E-state index contributed by atoms with van der Waals surface area (Å²) in [6.07, 6.45) is 1.68. The van der Waals surface area contributed by atoms with E-state index in [4.69, 9.17) is 0 Å². The molecule has 1 aromatic heterocycles. The molecule has 0 spiro atoms. The highest BCUT2D eigenvalue weighted by atomic mass is 19.1. The number of rotatable bonds is 6. The average Bonchev–Trinajstić information content (AvgIpc) is 2.87. The summed E-state index contributed by atoms with van der Waals surface area (Å²) >= 11 is 0. The second-order valence-electron chi connectivity index (χ2n) is 6.62. The number of aromatic nitrogens is 2. The number of hydrogen-bond acceptors (Lipinski definition) is 3. The highest BCUT2D eigenvalue weighted by Gasteiger charge is 2.20. The third-order valence-corrected chi connectivity index (χ3v) is 3.97. The minimum Gasteiger partial charge on any atom is -0.396 e. The van der Waals surface area contributed by atoms with Gasteiger partial charge in [0.25, 0.3) is 0 Å². The van der Waals surface area contributed by atoms with Crippen molar-refractivity contribution in [3.05, 3.63) is 47.3 Å². The molecule has 2 aromatic rings. The Hall–Kier alpha value is -1.79. The molecule has 126 valence electrons. The maximum absolute atomic E-state index is 13.9. The first kappa shape index (κ1) is 17.6. The number of benzene rings is 1. The molecule has 0 bridgehead atoms. The number of nitrogens with zero attached hydrogens (tertiary/aromatic N) is 2. The normalized spacial score (nSPS) is 13.3. The van der Waals surface area contributed by atoms with Crippen molar-refractivity contribution in [1.82, 2.24) is 15.1 Å². The lowest BCUT2D eigenvalue weighted by atomic mass is 9.94. The first-order chi connectivity index (χ1) is 10.7. The molecule has 2 N–H and O–H groups in total. The van der Waals surface area contributed by atoms with Crippen molar-refractivity contribution >= 4 is 0 Å². The van der Waals surface area contributed by atoms with Crippen molar-refractivity contribution in [2.75, 3.05) is 13.2 Å². The van der Waals surface area contributed by atoms with E-state index < -0.39 is 11.6 Å². The van der Waals surface area contributed by atoms with Crippen molar-refractivity contribution in [2.24, 2.45) is 5.41 Å². The van der Waals surface area contributed by atoms with E-state index in [2.05, 4.69) is 10.4 Å². The van der Waals surface area contributed by atoms with Gasteiger partial charge in [0.2, 0.25) is 0 Å². The molecule has 1 unspecified atom stereocenters. The molecular weight excluding hydrogens is 300 g/mol. The van der Waals surface area contributed by atoms with Gasteiger partial charge in [0.05, 0.1) is 6.20 Å². The van der Waals surface area contributed by atoms with E-state index in [1.165, 1.54) is 16.8 Å². The van der Waals surface area contributed by atoms with Crippen LogP contribution in [0.4, 0.5) is 8.78 Å². The molecule has 0 aliphatic carbocycles. The quantitative estimate of drug-likeness (QED) is 0.859. The van der Waals surface area contributed by atoms with Gasteiger partial charge in [-0.25, -0.2) is 13.5 Å². The summed E-state index contributed by atoms with van der Waals surface area (Å²) in [4.78, 5) is 0. The third-order valence-electron chi connectivity index (χ3n) is 3.97. The van der Waals surface area contributed by atoms with Crippen molar-refractivity contribution in [2.45, 2.75) is 33.7 Å². The van der Waals surface area contributed by atoms with Crippen LogP contribution < -0.4 is 5.32 Å². The lowest BCUT2D eigenvalue weighted by Gasteiger charge is -2.25. The topological polar surface area (TPSA) is 50.1 Å². The van der Waals surface area contributed by atoms with E-state index in [1.54, 1.807) is 6.20 Å². The Morgan fingerprint density at radius 3 is 2.65 bits per heavy atom. The fourth-order valence-corrected chi connectivity index (χ4v) is 2.34. The Kier molecular flexibility index (Phi) is 5.16. The lowest BCUT2D eigenvalue weighted by Crippen LogP contribution is -2.33. The third kappa shape index (κ3) is 3.95. The van der Waals surface area contributed by atoms with Gasteiger partial charge in [0.1, 0.15) is 11.5 Å². The summed E-state index contributed by atoms with van der Waals surface area (Å²) < 4.78 is 28.4. The van der Waals surface area contributed by atoms with Crippen LogP contribution in [0.25, 0.3) is 5.69 Å². The molecule has 0 saturated carbocycles. The highest BCUT2D eigenvalue weighted by Crippen LogP contribution is 2.23. The van der Waals surface area contributed by atoms with E-state index >= 15 is 0 Å². The molecule has 23 heavy (non-hydrogen) atoms. The fourth-order valence-electron chi connectivity index (χ4n) is 2.34. The van der Waals surface area contributed by atoms with E-state index in [1.807, 2.05) is 27.7 Å². The zero-order chi connectivity index (χ0) is 17.2. The van der Waals surface area contributed by atoms with Gasteiger partial charge >= 0.3 is 0 Å². The lowest BCUT2D eigenvalue weighted by molar-refractivity contribution is 0.154. The summed E-state index contributed by atoms with van der Waals surface area (Å²) in [5.74, 6) is -1.26. The van der Waals surface area contributed by atoms with Gasteiger partial charge in [-0.15, -0.1) is 0 Å². The van der Waals surface area contributed by atoms with Gasteiger partial charge in [-0.05, 0) is 26.0 Å². The standard InChI is InChI=1S/C17H23F2N3O/c1-11(20-9-17(3,4)10-23)14-8-21-22(12(14)2)16-6-5-13(18)7-15(16)19/h5-8,11,20,23H,9-10H2,1-4H3. The van der Waals surface area contributed by atoms with Crippen molar-refractivity contribution < 1.29 is 13.9 Å². The van der Waals surface area contributed by atoms with Crippen LogP contribution in [0.15, 0.2) is 24.4 Å². The largest absolute Gasteiger partial charge is 0.396 e. The van der Waals surface area contributed by atoms with Crippen molar-refractivity contribution in [1.29, 1.82) is 0 Å². The number of aliphatic hydroxyl groups excluding tert-OH is 1. The van der Waals surface area contributed by atoms with E-state index in [-0.39, 0.29) is 23.8 Å². The fraction of sp³-hybridized carbons (Fsp3) is 0.471. The Bertz CT molecular complexity index is 682. The Labute approximate surface area is 135 Å². The molecule has 0 radical (unpaired) electrons. The van der Waals surface area contributed by atoms with E-state index in [0.717, 1.165) is 17.3 Å². The van der Waals surface area contributed by atoms with E-state index in [9.17, 15) is 13.9 Å². The van der Waals surface area contributed by atoms with Crippen molar-refractivity contribution in [3.63, 3.8) is 0 Å². The molecular formula is C17H23F2N3O. The summed E-state index contributed by atoms with van der Waals surface area (Å²) in [6, 6.07) is 3.44. The van der Waals surface area contributed by atoms with Crippen LogP contribution in [0, 0.1) is 24.0 Å². The van der Waals surface area contributed by atoms with Crippen molar-refractivity contribution in [3.8, 4) is 5.69 Å². The van der Waals surface area contributed by atoms with Crippen LogP contribution in [-0.2, 0) is 0 Å². The molecule has 0 aliphatic heterocycles. The maximum atomic E-state index is 13.9. The van der Waals surface area contributed by atoms with Crippen LogP contribution in [0.5, 0.6) is 0 Å². The molecule has 0 amide bonds. The zero-order valence-electron chi connectivity index (χ0n) is 13.9. The first-order valence-corrected chi connectivity index (χ1v) is 7.59. The minimum atomic E-state index is -0.648. The predicted octanol–water partition coefficient (Wildman–Crippen LogP) is 3.13. The molecule has 0 aliphatic rings. The first-order valence-electron chi connectivity index (χ1n) is 7.59. The molecule has 0 saturated heterocycles. The van der Waals surface area contributed by atoms with Gasteiger partial charge in [-0.1, -0.05) is 13.8 Å². The maximum Gasteiger partial charge on any atom is 0.151 e. The van der Waals surface area contributed by atoms with Crippen LogP contribution in [0.1, 0.15) is 38.1 Å². The van der Waals surface area contributed by atoms with Crippen LogP contribution in [0.2, 0.25) is 0 Å². The Morgan fingerprint density at radius 2 is 2.04 bits per heavy atom. The van der Waals surface area contributed by atoms with Gasteiger partial charge in [0.15, 0.2) is 5.82 Å². The van der Waals surface area contributed by atoms with Gasteiger partial charge < -0.3 is 10.4 Å². The number of hydrogen-bond donors (Lipinski definition) is 2. The average molecular weight is 323 g/mol. The van der Waals surface area contributed by atoms with Crippen LogP contribution in [-0.4, -0.2) is 28.0 Å². The number of nitrogens with one attached hydrogen (secondary N) is 1. The molecule has 6 heteroatoms. The summed E-state index contributed by atoms with van der Waals surface area (Å²) in [7, 11) is 0. The molecule has 1 aromatic carbocycles. The highest BCUT2D eigenvalue weighted by molar-refractivity contribution is 5.37. The predicted molar refractivity (Wildman–Crippen MR) is 85.5 cm³/mol. The number of aliphatic hydroxyl groups is 1. The monoisotopic (exact) mass is 323 g/mol. The molecule has 2 rings (SSSR count). The number of halogens is 2. The summed E-state index contributed by atoms with van der Waals surface area (Å²) in [5, 5.41) is 16.9. The molecule has 1 heterocycles. The SMILES string of the molecule is Cc1c(C(C)NCC(C)(C)CO)cnn1-c1ccc(F)cc1F. The Balaban J connectivity index is 2.22. The second kappa shape index (κ2) is 6.76. The minimum absolute atomic E-state index is 0.00177. The second-order valence-corrected chi connectivity index (χ2v) is 6.62. The smallest absolute Gasteiger partial charge is 0.151 e. The summed E-state index contributed by atoms with van der Waals surface area (Å²) in [5.41, 5.74) is 1.72. The van der Waals surface area contributed by atoms with Crippen LogP contribution in [0.3, 0.4) is 0 Å². The summed E-state index contributed by atoms with van der Waals surface area (Å²) in [6.45, 7) is 8.50. The molecule has 1 atom stereocenters. The molecule has 4 nitrogen and oxygen atoms in total. The van der Waals surface area contributed by atoms with E-state index in [0.29, 0.717) is 6.54 Å². The van der Waals surface area contributed by atoms with Gasteiger partial charge in [-0.2, -0.15) is 5.10 Å². The van der Waals surface area contributed by atoms with Crippen LogP contribution >= 0.6 is 0 Å². The zero-order valence-corrected chi connectivity index (χ0v) is 13.9. The molecule has 0 fully saturated rings. The van der Waals surface area contributed by atoms with Gasteiger partial charge in [0, 0.05) is 41.9 Å². The Morgan fingerprint density at radius 1 is 1.35 bits per heavy atom.